The van der Waals surface area contributed by atoms with Gasteiger partial charge in [-0.1, -0.05) is 49.9 Å². The van der Waals surface area contributed by atoms with E-state index in [0.717, 1.165) is 57.7 Å². The maximum Gasteiger partial charge on any atom is 0.323 e. The van der Waals surface area contributed by atoms with Crippen molar-refractivity contribution in [1.82, 2.24) is 15.1 Å². The Morgan fingerprint density at radius 3 is 2.53 bits per heavy atom. The van der Waals surface area contributed by atoms with E-state index >= 15 is 0 Å². The standard InChI is InChI=1S/C25H36N4O/c30-24-27-23(26-22-11-4-1-5-12-22)25-13-16-28(17-14-25)19-21-10-7-9-20(18-21)8-3-2-6-15-29(24)25/h7,9-10,18,22H,1-6,8,11-17,19H2,(H,26,27,30). The summed E-state index contributed by atoms with van der Waals surface area (Å²) in [6, 6.07) is 9.64. The number of urea groups is 1. The highest BCUT2D eigenvalue weighted by atomic mass is 16.2. The molecule has 5 aliphatic rings. The van der Waals surface area contributed by atoms with Crippen molar-refractivity contribution < 1.29 is 4.79 Å². The van der Waals surface area contributed by atoms with Gasteiger partial charge in [-0.05, 0) is 56.1 Å². The van der Waals surface area contributed by atoms with Crippen LogP contribution in [0.3, 0.4) is 0 Å². The number of aryl methyl sites for hydroxylation is 1. The lowest BCUT2D eigenvalue weighted by Crippen LogP contribution is -2.56. The number of fused-ring (bicyclic) bond motifs is 6. The first-order valence-corrected chi connectivity index (χ1v) is 12.2. The Morgan fingerprint density at radius 2 is 1.70 bits per heavy atom. The number of carbonyl (C=O) groups excluding carboxylic acids is 1. The van der Waals surface area contributed by atoms with E-state index < -0.39 is 0 Å². The lowest BCUT2D eigenvalue weighted by Gasteiger charge is -2.44. The number of rotatable bonds is 1. The number of amidine groups is 1. The number of amides is 2. The minimum atomic E-state index is -0.197. The van der Waals surface area contributed by atoms with Crippen molar-refractivity contribution in [2.45, 2.75) is 88.8 Å². The zero-order chi connectivity index (χ0) is 20.4. The molecule has 2 saturated heterocycles. The van der Waals surface area contributed by atoms with Gasteiger partial charge in [-0.15, -0.1) is 0 Å². The summed E-state index contributed by atoms with van der Waals surface area (Å²) in [5.41, 5.74) is 2.68. The largest absolute Gasteiger partial charge is 0.323 e. The lowest BCUT2D eigenvalue weighted by molar-refractivity contribution is 0.0982. The first-order chi connectivity index (χ1) is 14.7. The fourth-order valence-corrected chi connectivity index (χ4v) is 5.97. The summed E-state index contributed by atoms with van der Waals surface area (Å²) in [6.45, 7) is 3.93. The molecule has 4 heterocycles. The van der Waals surface area contributed by atoms with Crippen LogP contribution in [0.2, 0.25) is 0 Å². The van der Waals surface area contributed by atoms with Crippen LogP contribution >= 0.6 is 0 Å². The average Bonchev–Trinajstić information content (AvgIpc) is 3.01. The van der Waals surface area contributed by atoms with E-state index in [9.17, 15) is 4.79 Å². The number of hydrogen-bond donors (Lipinski definition) is 1. The summed E-state index contributed by atoms with van der Waals surface area (Å²) in [6.07, 6.45) is 12.8. The van der Waals surface area contributed by atoms with Gasteiger partial charge in [-0.3, -0.25) is 15.2 Å². The molecule has 2 amide bonds. The van der Waals surface area contributed by atoms with Crippen LogP contribution in [0, 0.1) is 0 Å². The second-order valence-corrected chi connectivity index (χ2v) is 9.79. The van der Waals surface area contributed by atoms with Crippen molar-refractivity contribution in [2.75, 3.05) is 19.6 Å². The quantitative estimate of drug-likeness (QED) is 0.743. The van der Waals surface area contributed by atoms with Crippen LogP contribution in [0.5, 0.6) is 0 Å². The van der Waals surface area contributed by atoms with Gasteiger partial charge in [0, 0.05) is 26.2 Å². The van der Waals surface area contributed by atoms with Gasteiger partial charge in [0.25, 0.3) is 0 Å². The number of carbonyl (C=O) groups is 1. The molecular weight excluding hydrogens is 372 g/mol. The maximum atomic E-state index is 13.0. The number of nitrogens with zero attached hydrogens (tertiary/aromatic N) is 3. The fourth-order valence-electron chi connectivity index (χ4n) is 5.97. The van der Waals surface area contributed by atoms with Gasteiger partial charge in [-0.25, -0.2) is 4.79 Å². The van der Waals surface area contributed by atoms with Gasteiger partial charge in [0.2, 0.25) is 0 Å². The Morgan fingerprint density at radius 1 is 0.933 bits per heavy atom. The molecule has 5 nitrogen and oxygen atoms in total. The number of hydrogen-bond acceptors (Lipinski definition) is 3. The summed E-state index contributed by atoms with van der Waals surface area (Å²) < 4.78 is 0. The first kappa shape index (κ1) is 20.0. The minimum absolute atomic E-state index is 0.0929. The molecule has 1 saturated carbocycles. The predicted octanol–water partition coefficient (Wildman–Crippen LogP) is 4.50. The van der Waals surface area contributed by atoms with E-state index in [4.69, 9.17) is 4.99 Å². The zero-order valence-electron chi connectivity index (χ0n) is 18.2. The minimum Gasteiger partial charge on any atom is -0.312 e. The Hall–Kier alpha value is -1.88. The molecule has 1 aromatic rings. The molecule has 0 atom stereocenters. The molecule has 4 aliphatic heterocycles. The Kier molecular flexibility index (Phi) is 5.81. The molecule has 3 fully saturated rings. The molecule has 0 aromatic heterocycles. The Labute approximate surface area is 180 Å². The van der Waals surface area contributed by atoms with Crippen LogP contribution in [0.25, 0.3) is 0 Å². The molecule has 0 radical (unpaired) electrons. The van der Waals surface area contributed by atoms with E-state index in [-0.39, 0.29) is 11.6 Å². The molecule has 5 heteroatoms. The van der Waals surface area contributed by atoms with Crippen molar-refractivity contribution in [3.05, 3.63) is 35.4 Å². The summed E-state index contributed by atoms with van der Waals surface area (Å²) in [5, 5.41) is 3.24. The van der Waals surface area contributed by atoms with E-state index in [2.05, 4.69) is 39.4 Å². The van der Waals surface area contributed by atoms with Crippen molar-refractivity contribution in [3.8, 4) is 0 Å². The lowest BCUT2D eigenvalue weighted by atomic mass is 9.84. The molecule has 1 aliphatic carbocycles. The van der Waals surface area contributed by atoms with E-state index in [0.29, 0.717) is 6.04 Å². The predicted molar refractivity (Wildman–Crippen MR) is 121 cm³/mol. The number of piperidine rings is 1. The van der Waals surface area contributed by atoms with Gasteiger partial charge >= 0.3 is 6.03 Å². The smallest absolute Gasteiger partial charge is 0.312 e. The third-order valence-electron chi connectivity index (χ3n) is 7.74. The van der Waals surface area contributed by atoms with E-state index in [1.54, 1.807) is 0 Å². The van der Waals surface area contributed by atoms with Gasteiger partial charge in [0.15, 0.2) is 0 Å². The number of aliphatic imine (C=N–C) groups is 1. The summed E-state index contributed by atoms with van der Waals surface area (Å²) >= 11 is 0. The number of benzene rings is 1. The normalized spacial score (nSPS) is 32.0. The summed E-state index contributed by atoms with van der Waals surface area (Å²) in [5.74, 6) is 0.994. The monoisotopic (exact) mass is 408 g/mol. The van der Waals surface area contributed by atoms with E-state index in [1.165, 1.54) is 56.1 Å². The van der Waals surface area contributed by atoms with Crippen molar-refractivity contribution in [3.63, 3.8) is 0 Å². The third-order valence-corrected chi connectivity index (χ3v) is 7.74. The van der Waals surface area contributed by atoms with E-state index in [1.807, 2.05) is 0 Å². The van der Waals surface area contributed by atoms with Gasteiger partial charge in [-0.2, -0.15) is 0 Å². The molecule has 1 N–H and O–H groups in total. The van der Waals surface area contributed by atoms with Gasteiger partial charge < -0.3 is 4.90 Å². The fraction of sp³-hybridized carbons (Fsp3) is 0.680. The molecule has 162 valence electrons. The van der Waals surface area contributed by atoms with Crippen molar-refractivity contribution in [1.29, 1.82) is 0 Å². The average molecular weight is 409 g/mol. The molecular formula is C25H36N4O. The molecule has 1 aromatic carbocycles. The summed E-state index contributed by atoms with van der Waals surface area (Å²) in [7, 11) is 0. The highest BCUT2D eigenvalue weighted by Gasteiger charge is 2.52. The topological polar surface area (TPSA) is 47.9 Å². The Bertz CT molecular complexity index is 790. The second kappa shape index (κ2) is 8.70. The van der Waals surface area contributed by atoms with Crippen LogP contribution < -0.4 is 5.32 Å². The van der Waals surface area contributed by atoms with Crippen LogP contribution in [0.15, 0.2) is 29.3 Å². The van der Waals surface area contributed by atoms with Crippen molar-refractivity contribution in [2.24, 2.45) is 4.99 Å². The molecule has 0 unspecified atom stereocenters. The molecule has 30 heavy (non-hydrogen) atoms. The second-order valence-electron chi connectivity index (χ2n) is 9.79. The number of nitrogens with one attached hydrogen (secondary N) is 1. The highest BCUT2D eigenvalue weighted by Crippen LogP contribution is 2.36. The highest BCUT2D eigenvalue weighted by molar-refractivity contribution is 6.10. The maximum absolute atomic E-state index is 13.0. The van der Waals surface area contributed by atoms with Crippen molar-refractivity contribution >= 4 is 11.9 Å². The molecule has 6 rings (SSSR count). The molecule has 4 bridgehead atoms. The van der Waals surface area contributed by atoms with Crippen LogP contribution in [0.1, 0.15) is 75.3 Å². The zero-order valence-corrected chi connectivity index (χ0v) is 18.2. The molecule has 1 spiro atoms. The van der Waals surface area contributed by atoms with Crippen LogP contribution in [0.4, 0.5) is 4.79 Å². The van der Waals surface area contributed by atoms with Gasteiger partial charge in [0.1, 0.15) is 11.4 Å². The Balaban J connectivity index is 1.41. The van der Waals surface area contributed by atoms with Crippen LogP contribution in [-0.2, 0) is 13.0 Å². The van der Waals surface area contributed by atoms with Gasteiger partial charge in [0.05, 0.1) is 6.04 Å². The summed E-state index contributed by atoms with van der Waals surface area (Å²) in [4.78, 5) is 22.9. The SMILES string of the molecule is O=C1NC(=NC2CCCCC2)C23CCN(CC2)Cc2cccc(c2)CCCCCN13. The third kappa shape index (κ3) is 4.01. The first-order valence-electron chi connectivity index (χ1n) is 12.2. The van der Waals surface area contributed by atoms with Crippen LogP contribution in [-0.4, -0.2) is 52.9 Å².